The monoisotopic (exact) mass is 312 g/mol. The van der Waals surface area contributed by atoms with E-state index in [2.05, 4.69) is 10.2 Å². The van der Waals surface area contributed by atoms with Crippen molar-refractivity contribution in [3.8, 4) is 5.75 Å². The number of methoxy groups -OCH3 is 1. The minimum Gasteiger partial charge on any atom is -0.495 e. The molecule has 0 aliphatic carbocycles. The summed E-state index contributed by atoms with van der Waals surface area (Å²) in [6, 6.07) is 5.52. The van der Waals surface area contributed by atoms with E-state index in [1.165, 1.54) is 0 Å². The van der Waals surface area contributed by atoms with E-state index in [0.29, 0.717) is 22.3 Å². The molecule has 0 unspecified atom stereocenters. The Morgan fingerprint density at radius 1 is 1.40 bits per heavy atom. The molecule has 0 aliphatic rings. The Hall–Kier alpha value is -1.33. The van der Waals surface area contributed by atoms with Gasteiger partial charge in [0.2, 0.25) is 0 Å². The van der Waals surface area contributed by atoms with Crippen LogP contribution in [-0.4, -0.2) is 27.3 Å². The molecule has 1 N–H and O–H groups in total. The topological polar surface area (TPSA) is 55.0 Å². The Bertz CT molecular complexity index is 573. The van der Waals surface area contributed by atoms with E-state index in [-0.39, 0.29) is 0 Å². The number of benzene rings is 1. The highest BCUT2D eigenvalue weighted by Gasteiger charge is 2.06. The first-order valence-electron chi connectivity index (χ1n) is 6.34. The second-order valence-corrected chi connectivity index (χ2v) is 6.45. The first kappa shape index (κ1) is 15.1. The van der Waals surface area contributed by atoms with E-state index in [1.807, 2.05) is 18.3 Å². The van der Waals surface area contributed by atoms with Crippen molar-refractivity contribution in [3.05, 3.63) is 46.7 Å². The summed E-state index contributed by atoms with van der Waals surface area (Å²) < 4.78 is 17.1. The average Bonchev–Trinajstić information content (AvgIpc) is 2.92. The average molecular weight is 313 g/mol. The molecule has 0 fully saturated rings. The van der Waals surface area contributed by atoms with E-state index >= 15 is 0 Å². The van der Waals surface area contributed by atoms with E-state index in [0.717, 1.165) is 24.0 Å². The van der Waals surface area contributed by atoms with Crippen LogP contribution in [0.4, 0.5) is 0 Å². The number of ether oxygens (including phenoxy) is 1. The summed E-state index contributed by atoms with van der Waals surface area (Å²) in [5, 5.41) is 7.21. The lowest BCUT2D eigenvalue weighted by atomic mass is 10.2. The van der Waals surface area contributed by atoms with Crippen LogP contribution in [0.15, 0.2) is 30.6 Å². The minimum absolute atomic E-state index is 0.523. The van der Waals surface area contributed by atoms with Gasteiger partial charge < -0.3 is 4.74 Å². The molecule has 1 atom stereocenters. The van der Waals surface area contributed by atoms with Crippen LogP contribution < -0.4 is 4.74 Å². The molecule has 1 aromatic heterocycles. The molecule has 0 amide bonds. The second-order valence-electron chi connectivity index (χ2n) is 4.47. The highest BCUT2D eigenvalue weighted by Crippen LogP contribution is 2.25. The molecule has 0 aliphatic heterocycles. The van der Waals surface area contributed by atoms with E-state index < -0.39 is 10.8 Å². The number of hydrogen-bond donors (Lipinski definition) is 1. The fourth-order valence-corrected chi connectivity index (χ4v) is 3.35. The third-order valence-corrected chi connectivity index (χ3v) is 4.63. The first-order chi connectivity index (χ1) is 9.69. The Morgan fingerprint density at radius 2 is 2.25 bits per heavy atom. The molecular weight excluding hydrogens is 296 g/mol. The fraction of sp³-hybridized carbons (Fsp3) is 0.357. The predicted molar refractivity (Wildman–Crippen MR) is 81.6 cm³/mol. The predicted octanol–water partition coefficient (Wildman–Crippen LogP) is 2.95. The third kappa shape index (κ3) is 4.35. The van der Waals surface area contributed by atoms with Gasteiger partial charge in [-0.25, -0.2) is 0 Å². The summed E-state index contributed by atoms with van der Waals surface area (Å²) in [5.41, 5.74) is 2.12. The van der Waals surface area contributed by atoms with Crippen molar-refractivity contribution in [2.75, 3.05) is 12.9 Å². The molecule has 0 saturated carbocycles. The van der Waals surface area contributed by atoms with Gasteiger partial charge in [0.05, 0.1) is 18.3 Å². The summed E-state index contributed by atoms with van der Waals surface area (Å²) in [5.74, 6) is 1.84. The van der Waals surface area contributed by atoms with Gasteiger partial charge in [-0.1, -0.05) is 17.7 Å². The highest BCUT2D eigenvalue weighted by atomic mass is 35.5. The molecule has 108 valence electrons. The van der Waals surface area contributed by atoms with Crippen LogP contribution in [0.1, 0.15) is 17.5 Å². The zero-order chi connectivity index (χ0) is 14.4. The van der Waals surface area contributed by atoms with E-state index in [1.54, 1.807) is 19.4 Å². The first-order valence-corrected chi connectivity index (χ1v) is 8.20. The van der Waals surface area contributed by atoms with E-state index in [4.69, 9.17) is 16.3 Å². The lowest BCUT2D eigenvalue weighted by Gasteiger charge is -2.06. The van der Waals surface area contributed by atoms with Crippen molar-refractivity contribution >= 4 is 22.4 Å². The Kier molecular flexibility index (Phi) is 5.61. The van der Waals surface area contributed by atoms with Gasteiger partial charge in [0.25, 0.3) is 0 Å². The number of nitrogens with one attached hydrogen (secondary N) is 1. The van der Waals surface area contributed by atoms with Crippen molar-refractivity contribution < 1.29 is 8.95 Å². The van der Waals surface area contributed by atoms with Crippen molar-refractivity contribution in [1.82, 2.24) is 10.2 Å². The number of aromatic nitrogens is 2. The van der Waals surface area contributed by atoms with Gasteiger partial charge in [-0.3, -0.25) is 9.31 Å². The van der Waals surface area contributed by atoms with Gasteiger partial charge in [-0.2, -0.15) is 5.10 Å². The molecular formula is C14H17ClN2O2S. The lowest BCUT2D eigenvalue weighted by Crippen LogP contribution is -2.02. The Balaban J connectivity index is 1.80. The van der Waals surface area contributed by atoms with Gasteiger partial charge in [0, 0.05) is 28.5 Å². The summed E-state index contributed by atoms with van der Waals surface area (Å²) >= 11 is 6.05. The molecule has 4 nitrogen and oxygen atoms in total. The van der Waals surface area contributed by atoms with Gasteiger partial charge in [0.1, 0.15) is 5.75 Å². The molecule has 2 aromatic rings. The van der Waals surface area contributed by atoms with Crippen LogP contribution in [0.3, 0.4) is 0 Å². The molecule has 1 aromatic carbocycles. The van der Waals surface area contributed by atoms with Gasteiger partial charge in [0.15, 0.2) is 0 Å². The molecule has 0 saturated heterocycles. The quantitative estimate of drug-likeness (QED) is 0.855. The lowest BCUT2D eigenvalue weighted by molar-refractivity contribution is 0.415. The molecule has 0 bridgehead atoms. The largest absolute Gasteiger partial charge is 0.495 e. The summed E-state index contributed by atoms with van der Waals surface area (Å²) in [7, 11) is 0.699. The number of aromatic amines is 1. The Labute approximate surface area is 126 Å². The van der Waals surface area contributed by atoms with Crippen molar-refractivity contribution in [3.63, 3.8) is 0 Å². The number of halogens is 1. The van der Waals surface area contributed by atoms with Crippen molar-refractivity contribution in [2.45, 2.75) is 18.6 Å². The Morgan fingerprint density at radius 3 is 2.90 bits per heavy atom. The SMILES string of the molecule is COc1ccc(C[S@](=O)CCCc2cn[nH]c2)cc1Cl. The maximum Gasteiger partial charge on any atom is 0.137 e. The maximum atomic E-state index is 12.0. The highest BCUT2D eigenvalue weighted by molar-refractivity contribution is 7.84. The summed E-state index contributed by atoms with van der Waals surface area (Å²) in [6.45, 7) is 0. The van der Waals surface area contributed by atoms with Crippen LogP contribution in [0.25, 0.3) is 0 Å². The normalized spacial score (nSPS) is 12.3. The molecule has 1 heterocycles. The molecule has 0 radical (unpaired) electrons. The number of hydrogen-bond acceptors (Lipinski definition) is 3. The van der Waals surface area contributed by atoms with Crippen LogP contribution in [0.2, 0.25) is 5.02 Å². The van der Waals surface area contributed by atoms with Crippen LogP contribution in [0.5, 0.6) is 5.75 Å². The fourth-order valence-electron chi connectivity index (χ4n) is 1.91. The number of nitrogens with zero attached hydrogens (tertiary/aromatic N) is 1. The molecule has 20 heavy (non-hydrogen) atoms. The smallest absolute Gasteiger partial charge is 0.137 e. The number of rotatable bonds is 7. The zero-order valence-corrected chi connectivity index (χ0v) is 12.8. The van der Waals surface area contributed by atoms with Crippen LogP contribution >= 0.6 is 11.6 Å². The molecule has 0 spiro atoms. The van der Waals surface area contributed by atoms with Crippen molar-refractivity contribution in [1.29, 1.82) is 0 Å². The maximum absolute atomic E-state index is 12.0. The summed E-state index contributed by atoms with van der Waals surface area (Å²) in [4.78, 5) is 0. The summed E-state index contributed by atoms with van der Waals surface area (Å²) in [6.07, 6.45) is 5.44. The third-order valence-electron chi connectivity index (χ3n) is 2.94. The van der Waals surface area contributed by atoms with Gasteiger partial charge in [-0.15, -0.1) is 0 Å². The minimum atomic E-state index is -0.879. The zero-order valence-electron chi connectivity index (χ0n) is 11.3. The standard InChI is InChI=1S/C14H17ClN2O2S/c1-19-14-5-4-11(7-13(14)15)10-20(18)6-2-3-12-8-16-17-9-12/h4-5,7-9H,2-3,6,10H2,1H3,(H,16,17)/t20-/m1/s1. The molecule has 6 heteroatoms. The van der Waals surface area contributed by atoms with Crippen molar-refractivity contribution in [2.24, 2.45) is 0 Å². The van der Waals surface area contributed by atoms with E-state index in [9.17, 15) is 4.21 Å². The van der Waals surface area contributed by atoms with Crippen LogP contribution in [0, 0.1) is 0 Å². The van der Waals surface area contributed by atoms with Crippen LogP contribution in [-0.2, 0) is 23.0 Å². The number of aryl methyl sites for hydroxylation is 1. The molecule has 2 rings (SSSR count). The second kappa shape index (κ2) is 7.45. The van der Waals surface area contributed by atoms with Gasteiger partial charge in [-0.05, 0) is 36.1 Å². The number of H-pyrrole nitrogens is 1. The van der Waals surface area contributed by atoms with Gasteiger partial charge >= 0.3 is 0 Å².